The van der Waals surface area contributed by atoms with Crippen LogP contribution in [0.4, 0.5) is 17.1 Å². The number of nitrogens with zero attached hydrogens (tertiary/aromatic N) is 1. The van der Waals surface area contributed by atoms with Gasteiger partial charge in [0.15, 0.2) is 23.0 Å². The van der Waals surface area contributed by atoms with E-state index >= 15 is 0 Å². The number of nitriles is 1. The summed E-state index contributed by atoms with van der Waals surface area (Å²) >= 11 is 0. The van der Waals surface area contributed by atoms with Crippen molar-refractivity contribution in [2.75, 3.05) is 51.5 Å². The Labute approximate surface area is 357 Å². The Morgan fingerprint density at radius 3 is 1.33 bits per heavy atom. The number of ether oxygens (including phenoxy) is 5. The van der Waals surface area contributed by atoms with Crippen LogP contribution in [0.5, 0.6) is 28.7 Å². The van der Waals surface area contributed by atoms with Crippen molar-refractivity contribution in [2.45, 2.75) is 62.2 Å². The zero-order valence-electron chi connectivity index (χ0n) is 35.3. The lowest BCUT2D eigenvalue weighted by atomic mass is 9.78. The Balaban J connectivity index is 0.000000213. The molecule has 0 saturated heterocycles. The summed E-state index contributed by atoms with van der Waals surface area (Å²) in [4.78, 5) is 38.7. The molecule has 0 radical (unpaired) electrons. The van der Waals surface area contributed by atoms with Crippen LogP contribution in [0.15, 0.2) is 109 Å². The van der Waals surface area contributed by atoms with E-state index in [4.69, 9.17) is 23.7 Å². The number of hydrogen-bond acceptors (Lipinski definition) is 9. The first kappa shape index (κ1) is 43.6. The molecule has 7 rings (SSSR count). The molecule has 0 spiro atoms. The highest BCUT2D eigenvalue weighted by Gasteiger charge is 2.42. The number of benzene rings is 5. The molecule has 12 heteroatoms. The van der Waals surface area contributed by atoms with E-state index in [1.54, 1.807) is 57.7 Å². The number of rotatable bonds is 13. The van der Waals surface area contributed by atoms with Crippen LogP contribution >= 0.6 is 0 Å². The number of methoxy groups -OCH3 is 5. The van der Waals surface area contributed by atoms with Gasteiger partial charge < -0.3 is 39.6 Å². The molecule has 2 aliphatic rings. The summed E-state index contributed by atoms with van der Waals surface area (Å²) in [5, 5.41) is 18.4. The first-order valence-electron chi connectivity index (χ1n) is 20.3. The zero-order chi connectivity index (χ0) is 43.4. The van der Waals surface area contributed by atoms with Gasteiger partial charge in [0.2, 0.25) is 5.91 Å². The summed E-state index contributed by atoms with van der Waals surface area (Å²) in [5.74, 6) is 2.37. The summed E-state index contributed by atoms with van der Waals surface area (Å²) in [6.07, 6.45) is 7.54. The van der Waals surface area contributed by atoms with Gasteiger partial charge in [0.1, 0.15) is 5.75 Å². The molecule has 0 aliphatic heterocycles. The summed E-state index contributed by atoms with van der Waals surface area (Å²) in [7, 11) is 7.78. The van der Waals surface area contributed by atoms with Crippen molar-refractivity contribution in [1.82, 2.24) is 0 Å². The van der Waals surface area contributed by atoms with Gasteiger partial charge in [0, 0.05) is 28.2 Å². The summed E-state index contributed by atoms with van der Waals surface area (Å²) < 4.78 is 26.1. The highest BCUT2D eigenvalue weighted by Crippen LogP contribution is 2.43. The quantitative estimate of drug-likeness (QED) is 0.105. The molecule has 0 heterocycles. The molecule has 0 aromatic heterocycles. The second kappa shape index (κ2) is 19.8. The Morgan fingerprint density at radius 1 is 0.492 bits per heavy atom. The lowest BCUT2D eigenvalue weighted by Crippen LogP contribution is -2.38. The summed E-state index contributed by atoms with van der Waals surface area (Å²) in [6.45, 7) is 0. The number of carbonyl (C=O) groups is 3. The Kier molecular flexibility index (Phi) is 14.2. The predicted molar refractivity (Wildman–Crippen MR) is 235 cm³/mol. The second-order valence-corrected chi connectivity index (χ2v) is 15.1. The molecule has 3 amide bonds. The first-order valence-corrected chi connectivity index (χ1v) is 20.3. The van der Waals surface area contributed by atoms with Crippen molar-refractivity contribution >= 4 is 34.8 Å². The van der Waals surface area contributed by atoms with Crippen LogP contribution in [-0.2, 0) is 15.6 Å². The standard InChI is InChI=1S/C28H30N2O5.C21H22N2O3/c1-33-23-13-11-22(12-14-23)30-27(32)28(16-4-5-17-28)20-7-9-21(10-8-20)29-26(31)19-6-15-24(34-2)25(18-19)35-3;1-25-18-10-5-15(13-19(18)26-2)20(24)23-17-8-6-16(7-9-17)21(14-22)11-3-4-12-21/h6-15,18H,4-5,16-17H2,1-3H3,(H,29,31)(H,30,32);5-10,13H,3-4,11-12H2,1-2H3,(H,23,24). The van der Waals surface area contributed by atoms with Crippen LogP contribution in [-0.4, -0.2) is 53.3 Å². The van der Waals surface area contributed by atoms with Gasteiger partial charge in [-0.2, -0.15) is 5.26 Å². The number of hydrogen-bond donors (Lipinski definition) is 3. The van der Waals surface area contributed by atoms with Gasteiger partial charge >= 0.3 is 0 Å². The fraction of sp³-hybridized carbons (Fsp3) is 0.306. The fourth-order valence-electron chi connectivity index (χ4n) is 8.10. The van der Waals surface area contributed by atoms with E-state index in [1.165, 1.54) is 14.2 Å². The third-order valence-corrected chi connectivity index (χ3v) is 11.6. The van der Waals surface area contributed by atoms with E-state index in [2.05, 4.69) is 22.0 Å². The first-order chi connectivity index (χ1) is 29.6. The summed E-state index contributed by atoms with van der Waals surface area (Å²) in [5.41, 5.74) is 4.04. The summed E-state index contributed by atoms with van der Waals surface area (Å²) in [6, 6.07) is 35.0. The molecular weight excluding hydrogens is 773 g/mol. The number of anilines is 3. The van der Waals surface area contributed by atoms with E-state index in [-0.39, 0.29) is 23.1 Å². The monoisotopic (exact) mass is 824 g/mol. The molecule has 0 bridgehead atoms. The molecule has 5 aromatic rings. The minimum absolute atomic E-state index is 0.0118. The molecule has 0 atom stereocenters. The van der Waals surface area contributed by atoms with E-state index in [9.17, 15) is 19.6 Å². The van der Waals surface area contributed by atoms with Crippen molar-refractivity contribution in [3.8, 4) is 34.8 Å². The van der Waals surface area contributed by atoms with Crippen LogP contribution < -0.4 is 39.6 Å². The maximum Gasteiger partial charge on any atom is 0.255 e. The number of amides is 3. The van der Waals surface area contributed by atoms with Crippen molar-refractivity contribution in [1.29, 1.82) is 5.26 Å². The fourth-order valence-corrected chi connectivity index (χ4v) is 8.10. The number of carbonyl (C=O) groups excluding carboxylic acids is 3. The van der Waals surface area contributed by atoms with E-state index in [0.717, 1.165) is 73.9 Å². The Hall–Kier alpha value is -7.00. The third-order valence-electron chi connectivity index (χ3n) is 11.6. The molecule has 2 saturated carbocycles. The van der Waals surface area contributed by atoms with Crippen molar-refractivity contribution < 1.29 is 38.1 Å². The van der Waals surface area contributed by atoms with Gasteiger partial charge in [0.25, 0.3) is 11.8 Å². The lowest BCUT2D eigenvalue weighted by molar-refractivity contribution is -0.121. The SMILES string of the molecule is COc1ccc(C(=O)Nc2ccc(C3(C#N)CCCC3)cc2)cc1OC.COc1ccc(NC(=O)C2(c3ccc(NC(=O)c4ccc(OC)c(OC)c4)cc3)CCCC2)cc1. The molecule has 5 aromatic carbocycles. The second-order valence-electron chi connectivity index (χ2n) is 15.1. The van der Waals surface area contributed by atoms with Crippen molar-refractivity contribution in [3.05, 3.63) is 131 Å². The van der Waals surface area contributed by atoms with Gasteiger partial charge in [-0.25, -0.2) is 0 Å². The van der Waals surface area contributed by atoms with Crippen molar-refractivity contribution in [2.24, 2.45) is 0 Å². The average Bonchev–Trinajstić information content (AvgIpc) is 4.02. The van der Waals surface area contributed by atoms with Crippen LogP contribution in [0.2, 0.25) is 0 Å². The van der Waals surface area contributed by atoms with Gasteiger partial charge in [-0.15, -0.1) is 0 Å². The van der Waals surface area contributed by atoms with Gasteiger partial charge in [-0.05, 0) is 122 Å². The minimum atomic E-state index is -0.591. The minimum Gasteiger partial charge on any atom is -0.497 e. The highest BCUT2D eigenvalue weighted by atomic mass is 16.5. The molecule has 0 unspecified atom stereocenters. The molecule has 2 fully saturated rings. The van der Waals surface area contributed by atoms with Crippen LogP contribution in [0, 0.1) is 11.3 Å². The van der Waals surface area contributed by atoms with Crippen LogP contribution in [0.1, 0.15) is 83.2 Å². The van der Waals surface area contributed by atoms with E-state index in [1.807, 2.05) is 72.8 Å². The number of nitrogens with one attached hydrogen (secondary N) is 3. The maximum atomic E-state index is 13.4. The maximum absolute atomic E-state index is 13.4. The van der Waals surface area contributed by atoms with Crippen LogP contribution in [0.25, 0.3) is 0 Å². The predicted octanol–water partition coefficient (Wildman–Crippen LogP) is 9.71. The molecule has 316 valence electrons. The smallest absolute Gasteiger partial charge is 0.255 e. The third kappa shape index (κ3) is 9.90. The normalized spacial score (nSPS) is 14.6. The van der Waals surface area contributed by atoms with Gasteiger partial charge in [0.05, 0.1) is 52.4 Å². The molecule has 61 heavy (non-hydrogen) atoms. The molecule has 12 nitrogen and oxygen atoms in total. The Bertz CT molecular complexity index is 2340. The van der Waals surface area contributed by atoms with Crippen molar-refractivity contribution in [3.63, 3.8) is 0 Å². The van der Waals surface area contributed by atoms with E-state index < -0.39 is 5.41 Å². The molecule has 2 aliphatic carbocycles. The molecule has 3 N–H and O–H groups in total. The average molecular weight is 825 g/mol. The van der Waals surface area contributed by atoms with Crippen LogP contribution in [0.3, 0.4) is 0 Å². The topological polar surface area (TPSA) is 157 Å². The van der Waals surface area contributed by atoms with Gasteiger partial charge in [-0.3, -0.25) is 14.4 Å². The Morgan fingerprint density at radius 2 is 0.902 bits per heavy atom. The van der Waals surface area contributed by atoms with Gasteiger partial charge in [-0.1, -0.05) is 49.9 Å². The lowest BCUT2D eigenvalue weighted by Gasteiger charge is -2.28. The zero-order valence-corrected chi connectivity index (χ0v) is 35.3. The van der Waals surface area contributed by atoms with E-state index in [0.29, 0.717) is 45.5 Å². The highest BCUT2D eigenvalue weighted by molar-refractivity contribution is 6.05. The largest absolute Gasteiger partial charge is 0.497 e. The molecular formula is C49H52N4O8.